The minimum atomic E-state index is -4.46. The average Bonchev–Trinajstić information content (AvgIpc) is 2.98. The molecule has 2 atom stereocenters. The highest BCUT2D eigenvalue weighted by Gasteiger charge is 2.54. The molecule has 48 heavy (non-hydrogen) atoms. The number of piperidine rings is 1. The highest BCUT2D eigenvalue weighted by molar-refractivity contribution is 7.92. The first kappa shape index (κ1) is 34.2. The summed E-state index contributed by atoms with van der Waals surface area (Å²) in [6.45, 7) is 9.13. The fourth-order valence-corrected chi connectivity index (χ4v) is 9.15. The molecule has 258 valence electrons. The zero-order valence-electron chi connectivity index (χ0n) is 28.0. The SMILES string of the molecule is CC(=O)N1CCC2(CC1)CC(C1c3cccc(c3)S(=O)(=O)Nc3nc(cc(-c4c(C)cccc4C)n3)OC[C@H]1CC(C)(C)C(F)(F)F)C2. The van der Waals surface area contributed by atoms with Crippen molar-refractivity contribution in [3.63, 3.8) is 0 Å². The van der Waals surface area contributed by atoms with Crippen molar-refractivity contribution >= 4 is 21.9 Å². The van der Waals surface area contributed by atoms with Crippen LogP contribution in [0.25, 0.3) is 11.3 Å². The van der Waals surface area contributed by atoms with Gasteiger partial charge in [0.25, 0.3) is 10.0 Å². The van der Waals surface area contributed by atoms with Gasteiger partial charge in [0.05, 0.1) is 22.6 Å². The summed E-state index contributed by atoms with van der Waals surface area (Å²) in [4.78, 5) is 22.7. The lowest BCUT2D eigenvalue weighted by atomic mass is 9.51. The Labute approximate surface area is 280 Å². The Morgan fingerprint density at radius 3 is 2.29 bits per heavy atom. The Balaban J connectivity index is 1.43. The standard InChI is InChI=1S/C36H43F3N4O4S/c1-22-8-6-9-23(2)31(22)29-17-30-41-33(40-29)42-48(45,46)28-11-7-10-25(16-28)32(27(21-47-30)18-34(4,5)36(37,38)39)26-19-35(20-26)12-14-43(15-13-35)24(3)44/h6-11,16-17,26-27,32H,12-15,18-21H2,1-5H3,(H,40,41,42)/t27-,32?/m1/s1. The van der Waals surface area contributed by atoms with Crippen LogP contribution in [0.4, 0.5) is 19.1 Å². The molecule has 3 aromatic rings. The number of likely N-dealkylation sites (tertiary alicyclic amines) is 1. The summed E-state index contributed by atoms with van der Waals surface area (Å²) < 4.78 is 79.8. The van der Waals surface area contributed by atoms with Gasteiger partial charge in [-0.15, -0.1) is 0 Å². The first-order chi connectivity index (χ1) is 22.5. The van der Waals surface area contributed by atoms with Crippen LogP contribution in [0.15, 0.2) is 53.4 Å². The summed E-state index contributed by atoms with van der Waals surface area (Å²) in [5, 5.41) is 0. The lowest BCUT2D eigenvalue weighted by molar-refractivity contribution is -0.219. The number of ether oxygens (including phenoxy) is 1. The van der Waals surface area contributed by atoms with E-state index >= 15 is 0 Å². The smallest absolute Gasteiger partial charge is 0.393 e. The molecule has 3 heterocycles. The van der Waals surface area contributed by atoms with E-state index in [1.54, 1.807) is 25.1 Å². The summed E-state index contributed by atoms with van der Waals surface area (Å²) in [6, 6.07) is 13.9. The third-order valence-electron chi connectivity index (χ3n) is 10.9. The Morgan fingerprint density at radius 2 is 1.67 bits per heavy atom. The fourth-order valence-electron chi connectivity index (χ4n) is 8.15. The molecule has 12 heteroatoms. The highest BCUT2D eigenvalue weighted by atomic mass is 32.2. The number of benzene rings is 2. The molecule has 1 saturated heterocycles. The van der Waals surface area contributed by atoms with Gasteiger partial charge < -0.3 is 9.64 Å². The van der Waals surface area contributed by atoms with Crippen molar-refractivity contribution in [1.29, 1.82) is 0 Å². The van der Waals surface area contributed by atoms with Crippen molar-refractivity contribution in [3.05, 3.63) is 65.2 Å². The minimum Gasteiger partial charge on any atom is -0.477 e. The normalized spacial score (nSPS) is 22.5. The number of aromatic nitrogens is 2. The second kappa shape index (κ2) is 12.3. The first-order valence-electron chi connectivity index (χ1n) is 16.5. The fraction of sp³-hybridized carbons (Fsp3) is 0.528. The van der Waals surface area contributed by atoms with E-state index < -0.39 is 33.5 Å². The number of hydrogen-bond donors (Lipinski definition) is 1. The number of hydrogen-bond acceptors (Lipinski definition) is 6. The van der Waals surface area contributed by atoms with E-state index in [4.69, 9.17) is 4.74 Å². The van der Waals surface area contributed by atoms with Gasteiger partial charge in [0.15, 0.2) is 0 Å². The zero-order chi connectivity index (χ0) is 34.6. The van der Waals surface area contributed by atoms with Crippen LogP contribution in [0.3, 0.4) is 0 Å². The van der Waals surface area contributed by atoms with Gasteiger partial charge in [0.1, 0.15) is 0 Å². The molecule has 2 aliphatic heterocycles. The second-order valence-corrected chi connectivity index (χ2v) is 16.4. The zero-order valence-corrected chi connectivity index (χ0v) is 28.8. The number of amides is 1. The molecular formula is C36H43F3N4O4S. The summed E-state index contributed by atoms with van der Waals surface area (Å²) in [6.07, 6.45) is -1.43. The first-order valence-corrected chi connectivity index (χ1v) is 18.0. The number of alkyl halides is 3. The van der Waals surface area contributed by atoms with Crippen LogP contribution in [0.1, 0.15) is 75.5 Å². The van der Waals surface area contributed by atoms with E-state index in [2.05, 4.69) is 14.7 Å². The Kier molecular flexibility index (Phi) is 8.79. The number of carbonyl (C=O) groups is 1. The van der Waals surface area contributed by atoms with E-state index in [9.17, 15) is 26.4 Å². The van der Waals surface area contributed by atoms with Crippen LogP contribution >= 0.6 is 0 Å². The van der Waals surface area contributed by atoms with Crippen LogP contribution in [0, 0.1) is 36.5 Å². The van der Waals surface area contributed by atoms with Crippen LogP contribution in [-0.2, 0) is 14.8 Å². The van der Waals surface area contributed by atoms with Gasteiger partial charge in [-0.25, -0.2) is 18.1 Å². The van der Waals surface area contributed by atoms with Crippen LogP contribution < -0.4 is 9.46 Å². The molecule has 3 aliphatic rings. The number of fused-ring (bicyclic) bond motifs is 4. The maximum absolute atomic E-state index is 14.5. The van der Waals surface area contributed by atoms with Gasteiger partial charge in [-0.2, -0.15) is 18.2 Å². The molecule has 1 amide bonds. The van der Waals surface area contributed by atoms with Gasteiger partial charge >= 0.3 is 6.18 Å². The van der Waals surface area contributed by atoms with Gasteiger partial charge in [0, 0.05) is 37.6 Å². The van der Waals surface area contributed by atoms with Crippen LogP contribution in [-0.4, -0.2) is 55.1 Å². The number of carbonyl (C=O) groups excluding carboxylic acids is 1. The number of sulfonamides is 1. The molecule has 6 rings (SSSR count). The van der Waals surface area contributed by atoms with Crippen molar-refractivity contribution < 1.29 is 31.1 Å². The highest BCUT2D eigenvalue weighted by Crippen LogP contribution is 2.60. The number of nitrogens with zero attached hydrogens (tertiary/aromatic N) is 3. The predicted molar refractivity (Wildman–Crippen MR) is 177 cm³/mol. The van der Waals surface area contributed by atoms with E-state index in [-0.39, 0.29) is 47.0 Å². The van der Waals surface area contributed by atoms with E-state index in [1.807, 2.05) is 43.0 Å². The molecule has 1 N–H and O–H groups in total. The van der Waals surface area contributed by atoms with Crippen molar-refractivity contribution in [3.8, 4) is 17.1 Å². The number of halogens is 3. The molecule has 0 radical (unpaired) electrons. The lowest BCUT2D eigenvalue weighted by Crippen LogP contribution is -2.50. The molecule has 1 spiro atoms. The summed E-state index contributed by atoms with van der Waals surface area (Å²) in [5.74, 6) is -1.07. The molecular weight excluding hydrogens is 641 g/mol. The van der Waals surface area contributed by atoms with Gasteiger partial charge in [-0.1, -0.05) is 44.2 Å². The largest absolute Gasteiger partial charge is 0.477 e. The van der Waals surface area contributed by atoms with Crippen molar-refractivity contribution in [2.24, 2.45) is 22.7 Å². The predicted octanol–water partition coefficient (Wildman–Crippen LogP) is 7.67. The minimum absolute atomic E-state index is 0.00602. The van der Waals surface area contributed by atoms with E-state index in [0.29, 0.717) is 24.3 Å². The number of anilines is 1. The monoisotopic (exact) mass is 684 g/mol. The van der Waals surface area contributed by atoms with E-state index in [1.165, 1.54) is 19.9 Å². The third-order valence-corrected chi connectivity index (χ3v) is 12.2. The third kappa shape index (κ3) is 6.64. The van der Waals surface area contributed by atoms with Crippen LogP contribution in [0.5, 0.6) is 5.88 Å². The van der Waals surface area contributed by atoms with Gasteiger partial charge in [0.2, 0.25) is 17.7 Å². The number of aryl methyl sites for hydroxylation is 2. The topological polar surface area (TPSA) is 101 Å². The van der Waals surface area contributed by atoms with Gasteiger partial charge in [-0.3, -0.25) is 4.79 Å². The molecule has 1 unspecified atom stereocenters. The molecule has 1 saturated carbocycles. The van der Waals surface area contributed by atoms with E-state index in [0.717, 1.165) is 42.4 Å². The molecule has 1 aromatic heterocycles. The molecule has 2 aromatic carbocycles. The van der Waals surface area contributed by atoms with Gasteiger partial charge in [-0.05, 0) is 92.0 Å². The lowest BCUT2D eigenvalue weighted by Gasteiger charge is -2.56. The summed E-state index contributed by atoms with van der Waals surface area (Å²) >= 11 is 0. The molecule has 4 bridgehead atoms. The molecule has 1 aliphatic carbocycles. The number of rotatable bonds is 4. The molecule has 2 fully saturated rings. The Morgan fingerprint density at radius 1 is 1.02 bits per heavy atom. The van der Waals surface area contributed by atoms with Crippen molar-refractivity contribution in [2.45, 2.75) is 83.7 Å². The van der Waals surface area contributed by atoms with Crippen LogP contribution in [0.2, 0.25) is 0 Å². The van der Waals surface area contributed by atoms with Crippen molar-refractivity contribution in [2.75, 3.05) is 24.4 Å². The summed E-state index contributed by atoms with van der Waals surface area (Å²) in [7, 11) is -4.17. The second-order valence-electron chi connectivity index (χ2n) is 14.7. The molecule has 8 nitrogen and oxygen atoms in total. The quantitative estimate of drug-likeness (QED) is 0.303. The van der Waals surface area contributed by atoms with Crippen molar-refractivity contribution in [1.82, 2.24) is 14.9 Å². The Hall–Kier alpha value is -3.67. The maximum Gasteiger partial charge on any atom is 0.393 e. The number of nitrogens with one attached hydrogen (secondary N) is 1. The maximum atomic E-state index is 14.5. The summed E-state index contributed by atoms with van der Waals surface area (Å²) in [5.41, 5.74) is 1.73. The average molecular weight is 685 g/mol. The Bertz CT molecular complexity index is 1790.